The maximum atomic E-state index is 5.68. The van der Waals surface area contributed by atoms with Crippen LogP contribution in [-0.4, -0.2) is 18.8 Å². The molecule has 0 fully saturated rings. The van der Waals surface area contributed by atoms with Gasteiger partial charge in [-0.3, -0.25) is 0 Å². The molecule has 10 heavy (non-hydrogen) atoms. The second kappa shape index (κ2) is 5.69. The highest BCUT2D eigenvalue weighted by atomic mass is 16.5. The summed E-state index contributed by atoms with van der Waals surface area (Å²) in [5, 5.41) is 0. The van der Waals surface area contributed by atoms with Gasteiger partial charge in [-0.15, -0.1) is 0 Å². The lowest BCUT2D eigenvalue weighted by Gasteiger charge is -2.10. The van der Waals surface area contributed by atoms with E-state index in [9.17, 15) is 0 Å². The van der Waals surface area contributed by atoms with Crippen LogP contribution in [0.15, 0.2) is 0 Å². The largest absolute Gasteiger partial charge is 0.379 e. The van der Waals surface area contributed by atoms with Gasteiger partial charge in [-0.25, -0.2) is 0 Å². The topological polar surface area (TPSA) is 35.2 Å². The van der Waals surface area contributed by atoms with E-state index in [1.807, 2.05) is 13.8 Å². The zero-order valence-corrected chi connectivity index (χ0v) is 7.26. The summed E-state index contributed by atoms with van der Waals surface area (Å²) in [6.07, 6.45) is 2.36. The van der Waals surface area contributed by atoms with Gasteiger partial charge in [-0.1, -0.05) is 6.92 Å². The van der Waals surface area contributed by atoms with Crippen molar-refractivity contribution in [3.05, 3.63) is 0 Å². The third-order valence-electron chi connectivity index (χ3n) is 1.46. The zero-order valence-electron chi connectivity index (χ0n) is 7.26. The highest BCUT2D eigenvalue weighted by Gasteiger charge is 1.98. The van der Waals surface area contributed by atoms with Crippen LogP contribution in [0.25, 0.3) is 0 Å². The molecule has 62 valence electrons. The van der Waals surface area contributed by atoms with Crippen molar-refractivity contribution in [2.45, 2.75) is 45.8 Å². The number of hydrogen-bond acceptors (Lipinski definition) is 2. The summed E-state index contributed by atoms with van der Waals surface area (Å²) in [7, 11) is 0. The Labute approximate surface area is 63.7 Å². The van der Waals surface area contributed by atoms with E-state index in [-0.39, 0.29) is 0 Å². The maximum absolute atomic E-state index is 5.68. The van der Waals surface area contributed by atoms with E-state index in [0.717, 1.165) is 19.4 Å². The van der Waals surface area contributed by atoms with Gasteiger partial charge in [0, 0.05) is 12.6 Å². The van der Waals surface area contributed by atoms with Crippen LogP contribution in [0, 0.1) is 0 Å². The maximum Gasteiger partial charge on any atom is 0.0518 e. The fourth-order valence-corrected chi connectivity index (χ4v) is 0.659. The van der Waals surface area contributed by atoms with E-state index in [2.05, 4.69) is 6.92 Å². The Morgan fingerprint density at radius 3 is 2.40 bits per heavy atom. The van der Waals surface area contributed by atoms with Crippen molar-refractivity contribution >= 4 is 0 Å². The van der Waals surface area contributed by atoms with Crippen molar-refractivity contribution in [2.24, 2.45) is 5.73 Å². The fraction of sp³-hybridized carbons (Fsp3) is 1.00. The van der Waals surface area contributed by atoms with E-state index >= 15 is 0 Å². The summed E-state index contributed by atoms with van der Waals surface area (Å²) < 4.78 is 5.33. The van der Waals surface area contributed by atoms with E-state index in [4.69, 9.17) is 10.5 Å². The summed E-state index contributed by atoms with van der Waals surface area (Å²) in [4.78, 5) is 0. The molecule has 0 bridgehead atoms. The van der Waals surface area contributed by atoms with Crippen LogP contribution in [0.1, 0.15) is 33.6 Å². The number of hydrogen-bond donors (Lipinski definition) is 1. The van der Waals surface area contributed by atoms with Gasteiger partial charge in [0.1, 0.15) is 0 Å². The van der Waals surface area contributed by atoms with Crippen LogP contribution < -0.4 is 5.73 Å². The highest BCUT2D eigenvalue weighted by Crippen LogP contribution is 1.96. The quantitative estimate of drug-likeness (QED) is 0.637. The van der Waals surface area contributed by atoms with Crippen LogP contribution >= 0.6 is 0 Å². The first-order valence-electron chi connectivity index (χ1n) is 4.04. The SMILES string of the molecule is CCC(N)CCOC(C)C. The average Bonchev–Trinajstić information content (AvgIpc) is 1.87. The molecular formula is C8H19NO. The lowest BCUT2D eigenvalue weighted by atomic mass is 10.2. The van der Waals surface area contributed by atoms with Crippen LogP contribution in [0.2, 0.25) is 0 Å². The number of ether oxygens (including phenoxy) is 1. The first-order chi connectivity index (χ1) is 4.66. The third-order valence-corrected chi connectivity index (χ3v) is 1.46. The monoisotopic (exact) mass is 145 g/mol. The average molecular weight is 145 g/mol. The number of nitrogens with two attached hydrogens (primary N) is 1. The molecule has 0 heterocycles. The van der Waals surface area contributed by atoms with Crippen molar-refractivity contribution in [1.82, 2.24) is 0 Å². The molecule has 0 saturated carbocycles. The Kier molecular flexibility index (Phi) is 5.64. The molecule has 0 aliphatic heterocycles. The molecule has 0 aliphatic rings. The Hall–Kier alpha value is -0.0800. The smallest absolute Gasteiger partial charge is 0.0518 e. The molecule has 0 aromatic carbocycles. The minimum atomic E-state index is 0.318. The van der Waals surface area contributed by atoms with Gasteiger partial charge in [0.05, 0.1) is 6.10 Å². The summed E-state index contributed by atoms with van der Waals surface area (Å²) in [5.74, 6) is 0. The van der Waals surface area contributed by atoms with E-state index in [1.54, 1.807) is 0 Å². The first kappa shape index (κ1) is 9.92. The highest BCUT2D eigenvalue weighted by molar-refractivity contribution is 4.56. The van der Waals surface area contributed by atoms with Crippen LogP contribution in [0.3, 0.4) is 0 Å². The molecule has 0 aliphatic carbocycles. The Morgan fingerprint density at radius 1 is 1.40 bits per heavy atom. The van der Waals surface area contributed by atoms with E-state index in [1.165, 1.54) is 0 Å². The first-order valence-corrected chi connectivity index (χ1v) is 4.04. The molecule has 2 nitrogen and oxygen atoms in total. The van der Waals surface area contributed by atoms with Gasteiger partial charge in [0.15, 0.2) is 0 Å². The van der Waals surface area contributed by atoms with Gasteiger partial charge < -0.3 is 10.5 Å². The Balaban J connectivity index is 3.03. The molecule has 0 rings (SSSR count). The van der Waals surface area contributed by atoms with Gasteiger partial charge >= 0.3 is 0 Å². The predicted molar refractivity (Wildman–Crippen MR) is 44.0 cm³/mol. The van der Waals surface area contributed by atoms with Gasteiger partial charge in [-0.05, 0) is 26.7 Å². The molecule has 0 aromatic heterocycles. The predicted octanol–water partition coefficient (Wildman–Crippen LogP) is 1.54. The van der Waals surface area contributed by atoms with Crippen molar-refractivity contribution in [1.29, 1.82) is 0 Å². The molecular weight excluding hydrogens is 126 g/mol. The number of rotatable bonds is 5. The van der Waals surface area contributed by atoms with Crippen LogP contribution in [-0.2, 0) is 4.74 Å². The summed E-state index contributed by atoms with van der Waals surface area (Å²) >= 11 is 0. The van der Waals surface area contributed by atoms with E-state index < -0.39 is 0 Å². The molecule has 2 heteroatoms. The summed E-state index contributed by atoms with van der Waals surface area (Å²) in [6.45, 7) is 6.97. The lowest BCUT2D eigenvalue weighted by molar-refractivity contribution is 0.0735. The second-order valence-electron chi connectivity index (χ2n) is 2.88. The minimum Gasteiger partial charge on any atom is -0.379 e. The van der Waals surface area contributed by atoms with Crippen LogP contribution in [0.4, 0.5) is 0 Å². The third kappa shape index (κ3) is 6.05. The van der Waals surface area contributed by atoms with Gasteiger partial charge in [0.25, 0.3) is 0 Å². The van der Waals surface area contributed by atoms with Crippen molar-refractivity contribution in [3.8, 4) is 0 Å². The molecule has 1 unspecified atom stereocenters. The molecule has 2 N–H and O–H groups in total. The second-order valence-corrected chi connectivity index (χ2v) is 2.88. The summed E-state index contributed by atoms with van der Waals surface area (Å²) in [5.41, 5.74) is 5.68. The molecule has 0 spiro atoms. The minimum absolute atomic E-state index is 0.318. The van der Waals surface area contributed by atoms with Gasteiger partial charge in [0.2, 0.25) is 0 Å². The normalized spacial score (nSPS) is 14.1. The fourth-order valence-electron chi connectivity index (χ4n) is 0.659. The lowest BCUT2D eigenvalue weighted by Crippen LogP contribution is -2.21. The zero-order chi connectivity index (χ0) is 7.98. The van der Waals surface area contributed by atoms with E-state index in [0.29, 0.717) is 12.1 Å². The molecule has 0 amide bonds. The van der Waals surface area contributed by atoms with Crippen molar-refractivity contribution in [3.63, 3.8) is 0 Å². The Bertz CT molecular complexity index is 73.7. The van der Waals surface area contributed by atoms with Crippen molar-refractivity contribution in [2.75, 3.05) is 6.61 Å². The Morgan fingerprint density at radius 2 is 2.00 bits per heavy atom. The molecule has 1 atom stereocenters. The van der Waals surface area contributed by atoms with Gasteiger partial charge in [-0.2, -0.15) is 0 Å². The standard InChI is InChI=1S/C8H19NO/c1-4-8(9)5-6-10-7(2)3/h7-8H,4-6,9H2,1-3H3. The molecule has 0 radical (unpaired) electrons. The molecule has 0 saturated heterocycles. The van der Waals surface area contributed by atoms with Crippen LogP contribution in [0.5, 0.6) is 0 Å². The molecule has 0 aromatic rings. The summed E-state index contributed by atoms with van der Waals surface area (Å²) in [6, 6.07) is 0.318. The van der Waals surface area contributed by atoms with Crippen molar-refractivity contribution < 1.29 is 4.74 Å².